The van der Waals surface area contributed by atoms with Gasteiger partial charge in [-0.05, 0) is 42.0 Å². The van der Waals surface area contributed by atoms with Gasteiger partial charge < -0.3 is 33.5 Å². The predicted octanol–water partition coefficient (Wildman–Crippen LogP) is 3.47. The molecule has 2 bridgehead atoms. The summed E-state index contributed by atoms with van der Waals surface area (Å²) >= 11 is 0. The summed E-state index contributed by atoms with van der Waals surface area (Å²) < 4.78 is 36.9. The molecule has 0 aromatic heterocycles. The van der Waals surface area contributed by atoms with Gasteiger partial charge in [-0.1, -0.05) is 39.0 Å². The Hall–Kier alpha value is -3.77. The summed E-state index contributed by atoms with van der Waals surface area (Å²) in [5.74, 6) is -5.03. The van der Waals surface area contributed by atoms with Crippen molar-refractivity contribution >= 4 is 29.8 Å². The van der Waals surface area contributed by atoms with E-state index in [0.717, 1.165) is 0 Å². The summed E-state index contributed by atoms with van der Waals surface area (Å²) in [5.41, 5.74) is -2.62. The molecule has 10 atom stereocenters. The molecule has 3 aliphatic carbocycles. The predicted molar refractivity (Wildman–Crippen MR) is 163 cm³/mol. The number of ether oxygens (including phenoxy) is 6. The van der Waals surface area contributed by atoms with E-state index in [1.54, 1.807) is 44.2 Å². The zero-order valence-corrected chi connectivity index (χ0v) is 28.1. The van der Waals surface area contributed by atoms with E-state index in [4.69, 9.17) is 28.4 Å². The maximum absolute atomic E-state index is 14.0. The molecule has 0 unspecified atom stereocenters. The number of carbonyl (C=O) groups excluding carboxylic acids is 5. The Balaban J connectivity index is 1.88. The van der Waals surface area contributed by atoms with Crippen LogP contribution in [0.3, 0.4) is 0 Å². The smallest absolute Gasteiger partial charge is 0.338 e. The second-order valence-corrected chi connectivity index (χ2v) is 14.0. The first kappa shape index (κ1) is 34.6. The highest BCUT2D eigenvalue weighted by Gasteiger charge is 2.77. The zero-order valence-electron chi connectivity index (χ0n) is 28.1. The van der Waals surface area contributed by atoms with Crippen molar-refractivity contribution in [1.82, 2.24) is 0 Å². The minimum Gasteiger partial charge on any atom is -0.462 e. The molecule has 1 aromatic rings. The monoisotopic (exact) mass is 656 g/mol. The lowest BCUT2D eigenvalue weighted by Gasteiger charge is -2.68. The van der Waals surface area contributed by atoms with E-state index in [0.29, 0.717) is 11.1 Å². The molecule has 4 aliphatic rings. The third-order valence-corrected chi connectivity index (χ3v) is 10.8. The lowest BCUT2D eigenvalue weighted by Crippen LogP contribution is -2.80. The third kappa shape index (κ3) is 5.73. The number of carbonyl (C=O) groups is 5. The van der Waals surface area contributed by atoms with Gasteiger partial charge in [0.2, 0.25) is 0 Å². The van der Waals surface area contributed by atoms with Crippen molar-refractivity contribution in [1.29, 1.82) is 0 Å². The summed E-state index contributed by atoms with van der Waals surface area (Å²) in [6.07, 6.45) is -6.46. The van der Waals surface area contributed by atoms with Crippen molar-refractivity contribution < 1.29 is 57.5 Å². The number of esters is 5. The number of aliphatic hydroxyl groups excluding tert-OH is 1. The lowest BCUT2D eigenvalue weighted by atomic mass is 9.45. The Morgan fingerprint density at radius 1 is 0.830 bits per heavy atom. The summed E-state index contributed by atoms with van der Waals surface area (Å²) in [7, 11) is 0. The van der Waals surface area contributed by atoms with Crippen LogP contribution in [0.15, 0.2) is 41.5 Å². The second kappa shape index (κ2) is 12.4. The second-order valence-electron chi connectivity index (χ2n) is 14.0. The fourth-order valence-corrected chi connectivity index (χ4v) is 8.92. The fourth-order valence-electron chi connectivity index (χ4n) is 8.92. The normalized spacial score (nSPS) is 37.0. The molecule has 12 heteroatoms. The van der Waals surface area contributed by atoms with Crippen LogP contribution in [0.4, 0.5) is 0 Å². The highest BCUT2D eigenvalue weighted by Crippen LogP contribution is 2.65. The molecule has 1 N–H and O–H groups in total. The van der Waals surface area contributed by atoms with Crippen molar-refractivity contribution in [3.8, 4) is 0 Å². The van der Waals surface area contributed by atoms with Crippen LogP contribution < -0.4 is 0 Å². The molecule has 5 rings (SSSR count). The van der Waals surface area contributed by atoms with Crippen molar-refractivity contribution in [2.75, 3.05) is 6.61 Å². The molecule has 0 spiro atoms. The van der Waals surface area contributed by atoms with Gasteiger partial charge in [0.25, 0.3) is 0 Å². The van der Waals surface area contributed by atoms with Crippen LogP contribution in [-0.4, -0.2) is 83.8 Å². The standard InChI is InChI=1S/C35H44O12/c1-17-24(40)14-23-28(46-32(41)22-12-10-9-11-13-22)30-34(8,25(43-18(2)36)15-26-35(30,16-42-26)47-21(5)39)31(45-20(4)38)29(44-19(3)37)27(17)33(23,6)7/h9-13,23-26,28-31,40H,14-16H2,1-8H3/t23-,24-,25-,26+,28+,29+,30-,31-,34+,35-/m0/s1. The largest absolute Gasteiger partial charge is 0.462 e. The number of hydrogen-bond acceptors (Lipinski definition) is 12. The maximum atomic E-state index is 14.0. The van der Waals surface area contributed by atoms with Crippen LogP contribution in [0.5, 0.6) is 0 Å². The van der Waals surface area contributed by atoms with Gasteiger partial charge in [0.05, 0.1) is 29.6 Å². The van der Waals surface area contributed by atoms with E-state index >= 15 is 0 Å². The van der Waals surface area contributed by atoms with Crippen molar-refractivity contribution in [3.63, 3.8) is 0 Å². The van der Waals surface area contributed by atoms with Gasteiger partial charge in [0.15, 0.2) is 17.8 Å². The molecule has 3 fully saturated rings. The molecule has 1 saturated heterocycles. The van der Waals surface area contributed by atoms with Crippen LogP contribution in [0.25, 0.3) is 0 Å². The summed E-state index contributed by atoms with van der Waals surface area (Å²) in [4.78, 5) is 65.4. The molecule has 47 heavy (non-hydrogen) atoms. The highest BCUT2D eigenvalue weighted by molar-refractivity contribution is 5.89. The average molecular weight is 657 g/mol. The van der Waals surface area contributed by atoms with Gasteiger partial charge in [-0.3, -0.25) is 19.2 Å². The summed E-state index contributed by atoms with van der Waals surface area (Å²) in [6, 6.07) is 8.38. The van der Waals surface area contributed by atoms with Crippen molar-refractivity contribution in [3.05, 3.63) is 47.0 Å². The molecular weight excluding hydrogens is 612 g/mol. The van der Waals surface area contributed by atoms with Gasteiger partial charge >= 0.3 is 29.8 Å². The topological polar surface area (TPSA) is 161 Å². The fraction of sp³-hybridized carbons (Fsp3) is 0.629. The number of benzene rings is 1. The van der Waals surface area contributed by atoms with Crippen LogP contribution >= 0.6 is 0 Å². The number of fused-ring (bicyclic) bond motifs is 5. The first-order chi connectivity index (χ1) is 21.9. The minimum atomic E-state index is -1.52. The molecule has 0 amide bonds. The van der Waals surface area contributed by atoms with Gasteiger partial charge in [-0.25, -0.2) is 4.79 Å². The van der Waals surface area contributed by atoms with Crippen LogP contribution in [0, 0.1) is 22.7 Å². The van der Waals surface area contributed by atoms with Crippen LogP contribution in [-0.2, 0) is 47.6 Å². The highest BCUT2D eigenvalue weighted by atomic mass is 16.6. The van der Waals surface area contributed by atoms with E-state index in [-0.39, 0.29) is 25.0 Å². The SMILES string of the molecule is CC(=O)O[C@@H]1C2=C(C)[C@@H](O)C[C@@H]([C@@H](OC(=O)c3ccccc3)[C@@H]3[C@]4(OC(C)=O)CO[C@@H]4C[C@H](OC(C)=O)[C@@]3(C)[C@H]1OC(C)=O)C2(C)C. The molecule has 1 aromatic carbocycles. The minimum absolute atomic E-state index is 0.0402. The Morgan fingerprint density at radius 2 is 1.45 bits per heavy atom. The molecule has 256 valence electrons. The molecule has 0 radical (unpaired) electrons. The lowest BCUT2D eigenvalue weighted by molar-refractivity contribution is -0.355. The molecule has 1 heterocycles. The average Bonchev–Trinajstić information content (AvgIpc) is 2.96. The van der Waals surface area contributed by atoms with E-state index in [1.165, 1.54) is 27.7 Å². The van der Waals surface area contributed by atoms with Gasteiger partial charge in [-0.2, -0.15) is 0 Å². The Kier molecular flexibility index (Phi) is 9.08. The van der Waals surface area contributed by atoms with Gasteiger partial charge in [-0.15, -0.1) is 0 Å². The maximum Gasteiger partial charge on any atom is 0.338 e. The first-order valence-corrected chi connectivity index (χ1v) is 15.9. The number of rotatable bonds is 6. The Labute approximate surface area is 274 Å². The molecule has 12 nitrogen and oxygen atoms in total. The number of hydrogen-bond donors (Lipinski definition) is 1. The Morgan fingerprint density at radius 3 is 1.98 bits per heavy atom. The summed E-state index contributed by atoms with van der Waals surface area (Å²) in [6.45, 7) is 12.1. The van der Waals surface area contributed by atoms with Crippen molar-refractivity contribution in [2.45, 2.75) is 110 Å². The molecular formula is C35H44O12. The van der Waals surface area contributed by atoms with E-state index in [9.17, 15) is 29.1 Å². The molecule has 2 saturated carbocycles. The first-order valence-electron chi connectivity index (χ1n) is 15.9. The quantitative estimate of drug-likeness (QED) is 0.270. The van der Waals surface area contributed by atoms with Crippen molar-refractivity contribution in [2.24, 2.45) is 22.7 Å². The number of aliphatic hydroxyl groups is 1. The molecule has 1 aliphatic heterocycles. The summed E-state index contributed by atoms with van der Waals surface area (Å²) in [5, 5.41) is 11.6. The Bertz CT molecular complexity index is 1480. The van der Waals surface area contributed by atoms with Gasteiger partial charge in [0.1, 0.15) is 18.3 Å². The zero-order chi connectivity index (χ0) is 34.6. The van der Waals surface area contributed by atoms with E-state index in [1.807, 2.05) is 13.8 Å². The van der Waals surface area contributed by atoms with E-state index < -0.39 is 94.7 Å². The van der Waals surface area contributed by atoms with Gasteiger partial charge in [0, 0.05) is 40.0 Å². The van der Waals surface area contributed by atoms with Crippen LogP contribution in [0.1, 0.15) is 78.6 Å². The third-order valence-electron chi connectivity index (χ3n) is 10.8. The van der Waals surface area contributed by atoms with Crippen LogP contribution in [0.2, 0.25) is 0 Å². The van der Waals surface area contributed by atoms with E-state index in [2.05, 4.69) is 0 Å².